The summed E-state index contributed by atoms with van der Waals surface area (Å²) < 4.78 is 0. The van der Waals surface area contributed by atoms with E-state index in [2.05, 4.69) is 11.9 Å². The van der Waals surface area contributed by atoms with Gasteiger partial charge in [-0.2, -0.15) is 0 Å². The molecule has 0 fully saturated rings. The van der Waals surface area contributed by atoms with Crippen molar-refractivity contribution in [3.8, 4) is 0 Å². The first-order valence-corrected chi connectivity index (χ1v) is 4.65. The fourth-order valence-corrected chi connectivity index (χ4v) is 1.32. The quantitative estimate of drug-likeness (QED) is 0.633. The Hall–Kier alpha value is -1.61. The van der Waals surface area contributed by atoms with Crippen molar-refractivity contribution in [3.05, 3.63) is 40.9 Å². The van der Waals surface area contributed by atoms with Gasteiger partial charge in [0.05, 0.1) is 10.7 Å². The molecule has 78 valence electrons. The largest absolute Gasteiger partial charge is 0.321 e. The van der Waals surface area contributed by atoms with E-state index in [1.165, 1.54) is 6.07 Å². The fourth-order valence-electron chi connectivity index (χ4n) is 1.10. The number of anilines is 1. The molecule has 0 aromatic heterocycles. The van der Waals surface area contributed by atoms with Crippen LogP contribution in [0.4, 0.5) is 5.69 Å². The zero-order valence-corrected chi connectivity index (χ0v) is 8.97. The molecule has 15 heavy (non-hydrogen) atoms. The topological polar surface area (TPSA) is 46.2 Å². The van der Waals surface area contributed by atoms with Crippen LogP contribution >= 0.6 is 11.6 Å². The highest BCUT2D eigenvalue weighted by molar-refractivity contribution is 6.34. The molecule has 0 aliphatic rings. The number of hydrogen-bond donors (Lipinski definition) is 1. The van der Waals surface area contributed by atoms with Crippen molar-refractivity contribution >= 4 is 29.5 Å². The van der Waals surface area contributed by atoms with Crippen molar-refractivity contribution in [2.45, 2.75) is 6.92 Å². The highest BCUT2D eigenvalue weighted by Gasteiger charge is 2.06. The third kappa shape index (κ3) is 2.67. The molecule has 0 spiro atoms. The Labute approximate surface area is 92.7 Å². The summed E-state index contributed by atoms with van der Waals surface area (Å²) in [5, 5.41) is 2.88. The van der Waals surface area contributed by atoms with Crippen LogP contribution in [0.1, 0.15) is 15.9 Å². The second-order valence-electron chi connectivity index (χ2n) is 3.00. The number of rotatable bonds is 3. The molecule has 1 rings (SSSR count). The van der Waals surface area contributed by atoms with Gasteiger partial charge >= 0.3 is 0 Å². The lowest BCUT2D eigenvalue weighted by Gasteiger charge is -2.07. The third-order valence-electron chi connectivity index (χ3n) is 1.93. The molecule has 0 aliphatic carbocycles. The van der Waals surface area contributed by atoms with Crippen LogP contribution in [0.25, 0.3) is 0 Å². The van der Waals surface area contributed by atoms with E-state index in [0.29, 0.717) is 16.3 Å². The fraction of sp³-hybridized carbons (Fsp3) is 0.0909. The molecule has 1 amide bonds. The molecule has 1 aromatic rings. The lowest BCUT2D eigenvalue weighted by Crippen LogP contribution is -2.08. The molecule has 0 unspecified atom stereocenters. The second-order valence-corrected chi connectivity index (χ2v) is 3.41. The first-order valence-electron chi connectivity index (χ1n) is 4.27. The highest BCUT2D eigenvalue weighted by Crippen LogP contribution is 2.25. The molecule has 1 aromatic carbocycles. The van der Waals surface area contributed by atoms with E-state index in [0.717, 1.165) is 17.9 Å². The summed E-state index contributed by atoms with van der Waals surface area (Å²) in [6.07, 6.45) is 1.87. The summed E-state index contributed by atoms with van der Waals surface area (Å²) in [4.78, 5) is 21.6. The zero-order chi connectivity index (χ0) is 11.4. The SMILES string of the molecule is C=CC(=O)Nc1cc(C)c(C=O)cc1Cl. The van der Waals surface area contributed by atoms with Crippen LogP contribution in [-0.2, 0) is 4.79 Å². The Bertz CT molecular complexity index is 427. The van der Waals surface area contributed by atoms with E-state index >= 15 is 0 Å². The van der Waals surface area contributed by atoms with E-state index in [9.17, 15) is 9.59 Å². The van der Waals surface area contributed by atoms with Crippen LogP contribution in [0.15, 0.2) is 24.8 Å². The highest BCUT2D eigenvalue weighted by atomic mass is 35.5. The molecule has 0 heterocycles. The summed E-state index contributed by atoms with van der Waals surface area (Å²) in [5.41, 5.74) is 1.75. The van der Waals surface area contributed by atoms with Crippen LogP contribution < -0.4 is 5.32 Å². The maximum absolute atomic E-state index is 11.0. The van der Waals surface area contributed by atoms with Crippen molar-refractivity contribution in [3.63, 3.8) is 0 Å². The van der Waals surface area contributed by atoms with Gasteiger partial charge in [-0.05, 0) is 30.7 Å². The van der Waals surface area contributed by atoms with E-state index in [4.69, 9.17) is 11.6 Å². The van der Waals surface area contributed by atoms with Gasteiger partial charge in [-0.1, -0.05) is 18.2 Å². The molecule has 0 aliphatic heterocycles. The van der Waals surface area contributed by atoms with E-state index < -0.39 is 0 Å². The number of carbonyl (C=O) groups is 2. The van der Waals surface area contributed by atoms with Gasteiger partial charge < -0.3 is 5.32 Å². The summed E-state index contributed by atoms with van der Waals surface area (Å²) in [7, 11) is 0. The Morgan fingerprint density at radius 3 is 2.73 bits per heavy atom. The van der Waals surface area contributed by atoms with Gasteiger partial charge in [0.25, 0.3) is 0 Å². The molecular formula is C11H10ClNO2. The smallest absolute Gasteiger partial charge is 0.247 e. The first-order chi connectivity index (χ1) is 7.08. The van der Waals surface area contributed by atoms with Crippen LogP contribution in [0.3, 0.4) is 0 Å². The molecule has 0 atom stereocenters. The van der Waals surface area contributed by atoms with Crippen molar-refractivity contribution < 1.29 is 9.59 Å². The molecule has 1 N–H and O–H groups in total. The van der Waals surface area contributed by atoms with Crippen LogP contribution in [0, 0.1) is 6.92 Å². The summed E-state index contributed by atoms with van der Waals surface area (Å²) in [6.45, 7) is 5.10. The predicted molar refractivity (Wildman–Crippen MR) is 60.4 cm³/mol. The lowest BCUT2D eigenvalue weighted by atomic mass is 10.1. The minimum Gasteiger partial charge on any atom is -0.321 e. The van der Waals surface area contributed by atoms with Gasteiger partial charge in [0, 0.05) is 5.56 Å². The van der Waals surface area contributed by atoms with Gasteiger partial charge in [-0.3, -0.25) is 9.59 Å². The molecular weight excluding hydrogens is 214 g/mol. The van der Waals surface area contributed by atoms with E-state index in [-0.39, 0.29) is 5.91 Å². The molecule has 4 heteroatoms. The monoisotopic (exact) mass is 223 g/mol. The summed E-state index contributed by atoms with van der Waals surface area (Å²) >= 11 is 5.87. The second kappa shape index (κ2) is 4.75. The average Bonchev–Trinajstić information content (AvgIpc) is 2.22. The Balaban J connectivity index is 3.10. The standard InChI is InChI=1S/C11H10ClNO2/c1-3-11(15)13-10-4-7(2)8(6-14)5-9(10)12/h3-6H,1H2,2H3,(H,13,15). The van der Waals surface area contributed by atoms with Crippen LogP contribution in [0.2, 0.25) is 5.02 Å². The number of carbonyl (C=O) groups excluding carboxylic acids is 2. The summed E-state index contributed by atoms with van der Waals surface area (Å²) in [6, 6.07) is 3.16. The predicted octanol–water partition coefficient (Wildman–Crippen LogP) is 2.59. The molecule has 0 bridgehead atoms. The normalized spacial score (nSPS) is 9.47. The number of aldehydes is 1. The van der Waals surface area contributed by atoms with Crippen LogP contribution in [0.5, 0.6) is 0 Å². The molecule has 0 saturated heterocycles. The Morgan fingerprint density at radius 1 is 1.53 bits per heavy atom. The maximum Gasteiger partial charge on any atom is 0.247 e. The van der Waals surface area contributed by atoms with Crippen molar-refractivity contribution in [1.82, 2.24) is 0 Å². The zero-order valence-electron chi connectivity index (χ0n) is 8.21. The van der Waals surface area contributed by atoms with Crippen molar-refractivity contribution in [1.29, 1.82) is 0 Å². The number of benzene rings is 1. The van der Waals surface area contributed by atoms with E-state index in [1.807, 2.05) is 0 Å². The van der Waals surface area contributed by atoms with Gasteiger partial charge in [-0.15, -0.1) is 0 Å². The first kappa shape index (κ1) is 11.5. The van der Waals surface area contributed by atoms with Gasteiger partial charge in [0.2, 0.25) is 5.91 Å². The van der Waals surface area contributed by atoms with Gasteiger partial charge in [0.15, 0.2) is 0 Å². The van der Waals surface area contributed by atoms with Gasteiger partial charge in [0.1, 0.15) is 6.29 Å². The number of hydrogen-bond acceptors (Lipinski definition) is 2. The van der Waals surface area contributed by atoms with E-state index in [1.54, 1.807) is 13.0 Å². The number of aryl methyl sites for hydroxylation is 1. The summed E-state index contributed by atoms with van der Waals surface area (Å²) in [5.74, 6) is -0.338. The van der Waals surface area contributed by atoms with Crippen molar-refractivity contribution in [2.75, 3.05) is 5.32 Å². The van der Waals surface area contributed by atoms with Crippen LogP contribution in [-0.4, -0.2) is 12.2 Å². The lowest BCUT2D eigenvalue weighted by molar-refractivity contribution is -0.111. The minimum atomic E-state index is -0.338. The third-order valence-corrected chi connectivity index (χ3v) is 2.24. The minimum absolute atomic E-state index is 0.331. The average molecular weight is 224 g/mol. The van der Waals surface area contributed by atoms with Crippen molar-refractivity contribution in [2.24, 2.45) is 0 Å². The number of amides is 1. The van der Waals surface area contributed by atoms with Gasteiger partial charge in [-0.25, -0.2) is 0 Å². The molecule has 0 radical (unpaired) electrons. The molecule has 0 saturated carbocycles. The Morgan fingerprint density at radius 2 is 2.20 bits per heavy atom. The number of halogens is 1. The Kier molecular flexibility index (Phi) is 3.63. The number of nitrogens with one attached hydrogen (secondary N) is 1. The maximum atomic E-state index is 11.0. The molecule has 3 nitrogen and oxygen atoms in total.